The summed E-state index contributed by atoms with van der Waals surface area (Å²) in [6.45, 7) is 13.0. The number of rotatable bonds is 3. The van der Waals surface area contributed by atoms with Gasteiger partial charge in [0.15, 0.2) is 0 Å². The van der Waals surface area contributed by atoms with Crippen LogP contribution in [0.3, 0.4) is 0 Å². The molecule has 1 amide bonds. The summed E-state index contributed by atoms with van der Waals surface area (Å²) in [4.78, 5) is 14.5. The number of nitrogens with one attached hydrogen (secondary N) is 1. The predicted octanol–water partition coefficient (Wildman–Crippen LogP) is 2.82. The van der Waals surface area contributed by atoms with Gasteiger partial charge in [-0.1, -0.05) is 33.6 Å². The molecule has 0 aromatic heterocycles. The lowest BCUT2D eigenvalue weighted by Crippen LogP contribution is -2.53. The molecule has 2 fully saturated rings. The van der Waals surface area contributed by atoms with Crippen molar-refractivity contribution in [3.8, 4) is 0 Å². The van der Waals surface area contributed by atoms with Gasteiger partial charge in [-0.15, -0.1) is 0 Å². The number of carbonyl (C=O) groups excluding carboxylic acids is 1. The third kappa shape index (κ3) is 4.69. The Kier molecular flexibility index (Phi) is 5.89. The van der Waals surface area contributed by atoms with E-state index in [1.165, 1.54) is 25.7 Å². The van der Waals surface area contributed by atoms with E-state index in [-0.39, 0.29) is 18.1 Å². The molecule has 2 aliphatic rings. The fourth-order valence-corrected chi connectivity index (χ4v) is 4.12. The van der Waals surface area contributed by atoms with Crippen LogP contribution in [0.1, 0.15) is 60.3 Å². The molecule has 0 unspecified atom stereocenters. The van der Waals surface area contributed by atoms with Gasteiger partial charge in [-0.25, -0.2) is 0 Å². The molecular formula is C18H34N2O2. The molecule has 4 atom stereocenters. The van der Waals surface area contributed by atoms with Crippen molar-refractivity contribution in [2.45, 2.75) is 78.6 Å². The van der Waals surface area contributed by atoms with Crippen LogP contribution >= 0.6 is 0 Å². The lowest BCUT2D eigenvalue weighted by molar-refractivity contribution is -0.142. The smallest absolute Gasteiger partial charge is 0.236 e. The van der Waals surface area contributed by atoms with Gasteiger partial charge < -0.3 is 15.0 Å². The molecule has 4 nitrogen and oxygen atoms in total. The highest BCUT2D eigenvalue weighted by molar-refractivity contribution is 5.78. The van der Waals surface area contributed by atoms with Crippen molar-refractivity contribution in [2.24, 2.45) is 11.3 Å². The Morgan fingerprint density at radius 3 is 2.32 bits per heavy atom. The zero-order chi connectivity index (χ0) is 16.3. The van der Waals surface area contributed by atoms with Gasteiger partial charge in [-0.2, -0.15) is 0 Å². The molecular weight excluding hydrogens is 276 g/mol. The second-order valence-electron chi connectivity index (χ2n) is 8.30. The number of nitrogens with zero attached hydrogens (tertiary/aromatic N) is 1. The van der Waals surface area contributed by atoms with Gasteiger partial charge in [0.2, 0.25) is 5.91 Å². The zero-order valence-electron chi connectivity index (χ0n) is 15.0. The molecule has 22 heavy (non-hydrogen) atoms. The maximum Gasteiger partial charge on any atom is 0.236 e. The molecule has 0 aromatic carbocycles. The van der Waals surface area contributed by atoms with E-state index >= 15 is 0 Å². The summed E-state index contributed by atoms with van der Waals surface area (Å²) in [6, 6.07) is 0.480. The lowest BCUT2D eigenvalue weighted by atomic mass is 9.69. The molecule has 0 radical (unpaired) electrons. The largest absolute Gasteiger partial charge is 0.372 e. The van der Waals surface area contributed by atoms with Crippen molar-refractivity contribution in [2.75, 3.05) is 19.6 Å². The van der Waals surface area contributed by atoms with E-state index in [0.29, 0.717) is 23.9 Å². The summed E-state index contributed by atoms with van der Waals surface area (Å²) in [6.07, 6.45) is 5.37. The number of amides is 1. The first kappa shape index (κ1) is 17.7. The van der Waals surface area contributed by atoms with E-state index in [0.717, 1.165) is 13.1 Å². The van der Waals surface area contributed by atoms with E-state index in [1.807, 2.05) is 18.7 Å². The first-order valence-corrected chi connectivity index (χ1v) is 8.94. The molecule has 0 bridgehead atoms. The SMILES string of the molecule is C[C@@H]1CN(C(=O)CN[C@@H]2CCCC[C@@H]2C(C)(C)C)C[C@@H](C)O1. The minimum atomic E-state index is 0.143. The summed E-state index contributed by atoms with van der Waals surface area (Å²) in [5, 5.41) is 3.57. The van der Waals surface area contributed by atoms with Crippen LogP contribution in [0.4, 0.5) is 0 Å². The van der Waals surface area contributed by atoms with Crippen LogP contribution in [0.5, 0.6) is 0 Å². The summed E-state index contributed by atoms with van der Waals surface area (Å²) in [7, 11) is 0. The first-order chi connectivity index (χ1) is 10.3. The molecule has 4 heteroatoms. The Morgan fingerprint density at radius 1 is 1.14 bits per heavy atom. The average Bonchev–Trinajstić information content (AvgIpc) is 2.43. The fourth-order valence-electron chi connectivity index (χ4n) is 4.12. The van der Waals surface area contributed by atoms with Crippen molar-refractivity contribution < 1.29 is 9.53 Å². The Morgan fingerprint density at radius 2 is 1.73 bits per heavy atom. The average molecular weight is 310 g/mol. The molecule has 1 heterocycles. The van der Waals surface area contributed by atoms with Gasteiger partial charge in [-0.3, -0.25) is 4.79 Å². The van der Waals surface area contributed by atoms with Crippen LogP contribution in [0.15, 0.2) is 0 Å². The first-order valence-electron chi connectivity index (χ1n) is 8.94. The summed E-state index contributed by atoms with van der Waals surface area (Å²) in [5.41, 5.74) is 0.309. The monoisotopic (exact) mass is 310 g/mol. The maximum atomic E-state index is 12.5. The molecule has 128 valence electrons. The van der Waals surface area contributed by atoms with E-state index in [1.54, 1.807) is 0 Å². The number of morpholine rings is 1. The fraction of sp³-hybridized carbons (Fsp3) is 0.944. The number of ether oxygens (including phenoxy) is 1. The Bertz CT molecular complexity index is 368. The van der Waals surface area contributed by atoms with Gasteiger partial charge in [0.1, 0.15) is 0 Å². The van der Waals surface area contributed by atoms with Gasteiger partial charge >= 0.3 is 0 Å². The van der Waals surface area contributed by atoms with Crippen LogP contribution in [-0.2, 0) is 9.53 Å². The van der Waals surface area contributed by atoms with E-state index in [9.17, 15) is 4.79 Å². The van der Waals surface area contributed by atoms with Crippen LogP contribution in [0, 0.1) is 11.3 Å². The maximum absolute atomic E-state index is 12.5. The van der Waals surface area contributed by atoms with Crippen molar-refractivity contribution in [1.82, 2.24) is 10.2 Å². The molecule has 0 aromatic rings. The zero-order valence-corrected chi connectivity index (χ0v) is 15.0. The van der Waals surface area contributed by atoms with Gasteiger partial charge in [0, 0.05) is 19.1 Å². The Labute approximate surface area is 136 Å². The van der Waals surface area contributed by atoms with Gasteiger partial charge in [0.25, 0.3) is 0 Å². The topological polar surface area (TPSA) is 41.6 Å². The van der Waals surface area contributed by atoms with E-state index in [4.69, 9.17) is 4.74 Å². The number of hydrogen-bond acceptors (Lipinski definition) is 3. The minimum Gasteiger partial charge on any atom is -0.372 e. The summed E-state index contributed by atoms with van der Waals surface area (Å²) >= 11 is 0. The molecule has 1 saturated carbocycles. The number of carbonyl (C=O) groups is 1. The molecule has 0 spiro atoms. The van der Waals surface area contributed by atoms with Crippen molar-refractivity contribution >= 4 is 5.91 Å². The normalized spacial score (nSPS) is 33.8. The van der Waals surface area contributed by atoms with Crippen LogP contribution in [0.25, 0.3) is 0 Å². The third-order valence-corrected chi connectivity index (χ3v) is 5.17. The van der Waals surface area contributed by atoms with Gasteiger partial charge in [0.05, 0.1) is 18.8 Å². The molecule has 1 aliphatic carbocycles. The second kappa shape index (κ2) is 7.31. The lowest BCUT2D eigenvalue weighted by Gasteiger charge is -2.41. The third-order valence-electron chi connectivity index (χ3n) is 5.17. The molecule has 1 aliphatic heterocycles. The van der Waals surface area contributed by atoms with Crippen LogP contribution in [-0.4, -0.2) is 48.7 Å². The number of hydrogen-bond donors (Lipinski definition) is 1. The Hall–Kier alpha value is -0.610. The quantitative estimate of drug-likeness (QED) is 0.871. The highest BCUT2D eigenvalue weighted by Gasteiger charge is 2.34. The van der Waals surface area contributed by atoms with E-state index in [2.05, 4.69) is 26.1 Å². The standard InChI is InChI=1S/C18H34N2O2/c1-13-11-20(12-14(2)22-13)17(21)10-19-16-9-7-6-8-15(16)18(3,4)5/h13-16,19H,6-12H2,1-5H3/t13-,14-,15+,16-/m1/s1. The highest BCUT2D eigenvalue weighted by atomic mass is 16.5. The summed E-state index contributed by atoms with van der Waals surface area (Å²) < 4.78 is 5.71. The van der Waals surface area contributed by atoms with Crippen molar-refractivity contribution in [3.63, 3.8) is 0 Å². The van der Waals surface area contributed by atoms with Gasteiger partial charge in [-0.05, 0) is 38.0 Å². The van der Waals surface area contributed by atoms with Crippen molar-refractivity contribution in [1.29, 1.82) is 0 Å². The van der Waals surface area contributed by atoms with Crippen LogP contribution in [0.2, 0.25) is 0 Å². The second-order valence-corrected chi connectivity index (χ2v) is 8.30. The Balaban J connectivity index is 1.86. The summed E-state index contributed by atoms with van der Waals surface area (Å²) in [5.74, 6) is 0.886. The molecule has 1 N–H and O–H groups in total. The molecule has 2 rings (SSSR count). The minimum absolute atomic E-state index is 0.143. The van der Waals surface area contributed by atoms with E-state index < -0.39 is 0 Å². The highest BCUT2D eigenvalue weighted by Crippen LogP contribution is 2.37. The molecule has 1 saturated heterocycles. The predicted molar refractivity (Wildman–Crippen MR) is 89.8 cm³/mol. The van der Waals surface area contributed by atoms with Crippen LogP contribution < -0.4 is 5.32 Å². The van der Waals surface area contributed by atoms with Crippen molar-refractivity contribution in [3.05, 3.63) is 0 Å².